The third-order valence-electron chi connectivity index (χ3n) is 3.04. The maximum absolute atomic E-state index is 11.7. The topological polar surface area (TPSA) is 65.2 Å². The number of carbonyl (C=O) groups excluding carboxylic acids is 1. The van der Waals surface area contributed by atoms with Crippen molar-refractivity contribution in [2.24, 2.45) is 0 Å². The fourth-order valence-electron chi connectivity index (χ4n) is 1.92. The third kappa shape index (κ3) is 4.14. The van der Waals surface area contributed by atoms with Gasteiger partial charge in [0.15, 0.2) is 6.61 Å². The number of hydrogen-bond acceptors (Lipinski definition) is 5. The van der Waals surface area contributed by atoms with Crippen LogP contribution in [0.1, 0.15) is 11.5 Å². The van der Waals surface area contributed by atoms with E-state index in [1.165, 1.54) is 6.08 Å². The number of esters is 1. The van der Waals surface area contributed by atoms with E-state index in [4.69, 9.17) is 9.15 Å². The number of ether oxygens (including phenoxy) is 1. The second-order valence-electron chi connectivity index (χ2n) is 4.72. The summed E-state index contributed by atoms with van der Waals surface area (Å²) in [6.07, 6.45) is 3.05. The average Bonchev–Trinajstić information content (AvgIpc) is 3.09. The lowest BCUT2D eigenvalue weighted by molar-refractivity contribution is -0.139. The Hall–Kier alpha value is -3.21. The van der Waals surface area contributed by atoms with Crippen LogP contribution in [-0.4, -0.2) is 16.2 Å². The van der Waals surface area contributed by atoms with Crippen LogP contribution in [0.15, 0.2) is 71.2 Å². The number of nitrogens with zero attached hydrogens (tertiary/aromatic N) is 2. The molecule has 3 aromatic rings. The molecule has 5 heteroatoms. The van der Waals surface area contributed by atoms with Gasteiger partial charge in [0.25, 0.3) is 5.89 Å². The summed E-state index contributed by atoms with van der Waals surface area (Å²) in [5, 5.41) is 7.80. The first-order valence-electron chi connectivity index (χ1n) is 7.09. The Kier molecular flexibility index (Phi) is 4.59. The van der Waals surface area contributed by atoms with Crippen molar-refractivity contribution in [1.29, 1.82) is 0 Å². The van der Waals surface area contributed by atoms with Gasteiger partial charge in [0.2, 0.25) is 5.89 Å². The highest BCUT2D eigenvalue weighted by Crippen LogP contribution is 2.17. The smallest absolute Gasteiger partial charge is 0.331 e. The van der Waals surface area contributed by atoms with Gasteiger partial charge in [-0.15, -0.1) is 10.2 Å². The van der Waals surface area contributed by atoms with Gasteiger partial charge in [-0.25, -0.2) is 4.79 Å². The van der Waals surface area contributed by atoms with E-state index in [1.807, 2.05) is 60.7 Å². The first-order chi connectivity index (χ1) is 11.3. The van der Waals surface area contributed by atoms with E-state index in [0.29, 0.717) is 5.89 Å². The zero-order valence-electron chi connectivity index (χ0n) is 12.3. The molecule has 5 nitrogen and oxygen atoms in total. The van der Waals surface area contributed by atoms with Gasteiger partial charge in [-0.1, -0.05) is 48.5 Å². The van der Waals surface area contributed by atoms with Crippen LogP contribution in [0.2, 0.25) is 0 Å². The first kappa shape index (κ1) is 14.7. The summed E-state index contributed by atoms with van der Waals surface area (Å²) in [6, 6.07) is 18.9. The molecule has 0 fully saturated rings. The molecule has 0 aliphatic heterocycles. The van der Waals surface area contributed by atoms with Crippen molar-refractivity contribution in [1.82, 2.24) is 10.2 Å². The van der Waals surface area contributed by atoms with Crippen LogP contribution in [0.4, 0.5) is 0 Å². The van der Waals surface area contributed by atoms with Crippen LogP contribution in [0.3, 0.4) is 0 Å². The van der Waals surface area contributed by atoms with Gasteiger partial charge in [-0.2, -0.15) is 0 Å². The highest BCUT2D eigenvalue weighted by molar-refractivity contribution is 5.86. The standard InChI is InChI=1S/C18H14N2O3/c21-17(12-11-14-7-3-1-4-8-14)22-13-16-19-20-18(23-16)15-9-5-2-6-10-15/h1-12H,13H2. The Morgan fingerprint density at radius 1 is 1.00 bits per heavy atom. The molecule has 0 aliphatic carbocycles. The molecule has 0 saturated carbocycles. The second kappa shape index (κ2) is 7.17. The molecule has 0 N–H and O–H groups in total. The second-order valence-corrected chi connectivity index (χ2v) is 4.72. The molecular weight excluding hydrogens is 292 g/mol. The molecule has 0 unspecified atom stereocenters. The summed E-state index contributed by atoms with van der Waals surface area (Å²) < 4.78 is 10.5. The van der Waals surface area contributed by atoms with E-state index < -0.39 is 5.97 Å². The molecular formula is C18H14N2O3. The van der Waals surface area contributed by atoms with Gasteiger partial charge >= 0.3 is 5.97 Å². The van der Waals surface area contributed by atoms with Crippen LogP contribution in [0.25, 0.3) is 17.5 Å². The zero-order valence-corrected chi connectivity index (χ0v) is 12.3. The molecule has 0 amide bonds. The lowest BCUT2D eigenvalue weighted by atomic mass is 10.2. The molecule has 0 saturated heterocycles. The molecule has 0 radical (unpaired) electrons. The minimum Gasteiger partial charge on any atom is -0.452 e. The maximum Gasteiger partial charge on any atom is 0.331 e. The molecule has 1 aromatic heterocycles. The van der Waals surface area contributed by atoms with Crippen LogP contribution in [0, 0.1) is 0 Å². The summed E-state index contributed by atoms with van der Waals surface area (Å²) in [4.78, 5) is 11.7. The Morgan fingerprint density at radius 3 is 2.43 bits per heavy atom. The van der Waals surface area contributed by atoms with Crippen LogP contribution < -0.4 is 0 Å². The van der Waals surface area contributed by atoms with Gasteiger partial charge in [0.05, 0.1) is 0 Å². The number of benzene rings is 2. The highest BCUT2D eigenvalue weighted by atomic mass is 16.5. The Balaban J connectivity index is 1.55. The van der Waals surface area contributed by atoms with Crippen LogP contribution in [0.5, 0.6) is 0 Å². The SMILES string of the molecule is O=C(C=Cc1ccccc1)OCc1nnc(-c2ccccc2)o1. The molecule has 1 heterocycles. The fourth-order valence-corrected chi connectivity index (χ4v) is 1.92. The van der Waals surface area contributed by atoms with Gasteiger partial charge in [0, 0.05) is 11.6 Å². The van der Waals surface area contributed by atoms with Crippen molar-refractivity contribution in [2.75, 3.05) is 0 Å². The van der Waals surface area contributed by atoms with E-state index in [-0.39, 0.29) is 12.5 Å². The molecule has 114 valence electrons. The van der Waals surface area contributed by atoms with Gasteiger partial charge in [-0.05, 0) is 23.8 Å². The number of hydrogen-bond donors (Lipinski definition) is 0. The van der Waals surface area contributed by atoms with E-state index in [2.05, 4.69) is 10.2 Å². The predicted molar refractivity (Wildman–Crippen MR) is 85.0 cm³/mol. The molecule has 0 spiro atoms. The number of rotatable bonds is 5. The minimum atomic E-state index is -0.465. The van der Waals surface area contributed by atoms with Crippen molar-refractivity contribution < 1.29 is 13.9 Å². The normalized spacial score (nSPS) is 10.8. The van der Waals surface area contributed by atoms with Gasteiger partial charge in [-0.3, -0.25) is 0 Å². The largest absolute Gasteiger partial charge is 0.452 e. The lowest BCUT2D eigenvalue weighted by Gasteiger charge is -1.97. The molecule has 23 heavy (non-hydrogen) atoms. The van der Waals surface area contributed by atoms with Gasteiger partial charge in [0.1, 0.15) is 0 Å². The third-order valence-corrected chi connectivity index (χ3v) is 3.04. The average molecular weight is 306 g/mol. The van der Waals surface area contributed by atoms with Crippen molar-refractivity contribution in [2.45, 2.75) is 6.61 Å². The van der Waals surface area contributed by atoms with E-state index in [0.717, 1.165) is 11.1 Å². The molecule has 0 atom stereocenters. The monoisotopic (exact) mass is 306 g/mol. The Labute approximate surface area is 133 Å². The summed E-state index contributed by atoms with van der Waals surface area (Å²) in [6.45, 7) is -0.0577. The summed E-state index contributed by atoms with van der Waals surface area (Å²) >= 11 is 0. The van der Waals surface area contributed by atoms with Crippen molar-refractivity contribution in [3.8, 4) is 11.5 Å². The Morgan fingerprint density at radius 2 is 1.70 bits per heavy atom. The molecule has 0 bridgehead atoms. The molecule has 0 aliphatic rings. The Bertz CT molecular complexity index is 795. The van der Waals surface area contributed by atoms with E-state index in [9.17, 15) is 4.79 Å². The first-order valence-corrected chi connectivity index (χ1v) is 7.09. The zero-order chi connectivity index (χ0) is 15.9. The van der Waals surface area contributed by atoms with Crippen molar-refractivity contribution >= 4 is 12.0 Å². The maximum atomic E-state index is 11.7. The molecule has 2 aromatic carbocycles. The van der Waals surface area contributed by atoms with Crippen molar-refractivity contribution in [3.63, 3.8) is 0 Å². The summed E-state index contributed by atoms with van der Waals surface area (Å²) in [7, 11) is 0. The number of carbonyl (C=O) groups is 1. The van der Waals surface area contributed by atoms with Crippen LogP contribution >= 0.6 is 0 Å². The summed E-state index contributed by atoms with van der Waals surface area (Å²) in [5.74, 6) is 0.190. The highest BCUT2D eigenvalue weighted by Gasteiger charge is 2.09. The van der Waals surface area contributed by atoms with Crippen molar-refractivity contribution in [3.05, 3.63) is 78.2 Å². The summed E-state index contributed by atoms with van der Waals surface area (Å²) in [5.41, 5.74) is 1.75. The predicted octanol–water partition coefficient (Wildman–Crippen LogP) is 3.49. The van der Waals surface area contributed by atoms with Gasteiger partial charge < -0.3 is 9.15 Å². The van der Waals surface area contributed by atoms with E-state index >= 15 is 0 Å². The van der Waals surface area contributed by atoms with Crippen LogP contribution in [-0.2, 0) is 16.1 Å². The number of aromatic nitrogens is 2. The van der Waals surface area contributed by atoms with E-state index in [1.54, 1.807) is 6.08 Å². The minimum absolute atomic E-state index is 0.0577. The fraction of sp³-hybridized carbons (Fsp3) is 0.0556. The lowest BCUT2D eigenvalue weighted by Crippen LogP contribution is -2.00. The quantitative estimate of drug-likeness (QED) is 0.533. The molecule has 3 rings (SSSR count).